The van der Waals surface area contributed by atoms with Crippen molar-refractivity contribution in [1.29, 1.82) is 0 Å². The van der Waals surface area contributed by atoms with E-state index in [1.54, 1.807) is 0 Å². The molecule has 2 atom stereocenters. The molecule has 1 aliphatic rings. The molecule has 0 saturated carbocycles. The van der Waals surface area contributed by atoms with Crippen LogP contribution in [0, 0.1) is 11.7 Å². The van der Waals surface area contributed by atoms with Crippen LogP contribution in [0.5, 0.6) is 0 Å². The molecule has 1 aromatic rings. The summed E-state index contributed by atoms with van der Waals surface area (Å²) in [6, 6.07) is 2.36. The first-order valence-corrected chi connectivity index (χ1v) is 8.29. The minimum absolute atomic E-state index is 0.0964. The lowest BCUT2D eigenvalue weighted by atomic mass is 10.1. The summed E-state index contributed by atoms with van der Waals surface area (Å²) in [7, 11) is -3.89. The van der Waals surface area contributed by atoms with E-state index in [-0.39, 0.29) is 34.0 Å². The molecule has 0 radical (unpaired) electrons. The van der Waals surface area contributed by atoms with Gasteiger partial charge in [0.15, 0.2) is 0 Å². The van der Waals surface area contributed by atoms with E-state index in [0.717, 1.165) is 12.5 Å². The lowest BCUT2D eigenvalue weighted by Crippen LogP contribution is -2.34. The molecule has 0 amide bonds. The number of benzene rings is 1. The minimum atomic E-state index is -3.89. The number of nitrogens with zero attached hydrogens (tertiary/aromatic N) is 1. The highest BCUT2D eigenvalue weighted by molar-refractivity contribution is 7.89. The Hall–Kier alpha value is -0.690. The minimum Gasteiger partial charge on any atom is -0.326 e. The molecule has 4 nitrogen and oxygen atoms in total. The first-order valence-electron chi connectivity index (χ1n) is 6.47. The van der Waals surface area contributed by atoms with Gasteiger partial charge in [0.2, 0.25) is 10.0 Å². The summed E-state index contributed by atoms with van der Waals surface area (Å²) in [4.78, 5) is -0.383. The quantitative estimate of drug-likeness (QED) is 0.930. The van der Waals surface area contributed by atoms with Crippen LogP contribution in [0.2, 0.25) is 5.02 Å². The summed E-state index contributed by atoms with van der Waals surface area (Å²) in [6.07, 6.45) is 0.769. The summed E-state index contributed by atoms with van der Waals surface area (Å²) >= 11 is 5.87. The van der Waals surface area contributed by atoms with Gasteiger partial charge in [0, 0.05) is 29.7 Å². The molecule has 2 rings (SSSR count). The molecular formula is C13H18ClFN2O2S. The van der Waals surface area contributed by atoms with Crippen LogP contribution in [0.3, 0.4) is 0 Å². The van der Waals surface area contributed by atoms with Crippen LogP contribution in [-0.2, 0) is 16.6 Å². The van der Waals surface area contributed by atoms with Crippen molar-refractivity contribution in [1.82, 2.24) is 4.31 Å². The Morgan fingerprint density at radius 1 is 1.45 bits per heavy atom. The summed E-state index contributed by atoms with van der Waals surface area (Å²) < 4.78 is 40.9. The Morgan fingerprint density at radius 2 is 2.10 bits per heavy atom. The lowest BCUT2D eigenvalue weighted by molar-refractivity contribution is 0.402. The van der Waals surface area contributed by atoms with Gasteiger partial charge in [-0.3, -0.25) is 0 Å². The molecule has 0 aromatic heterocycles. The van der Waals surface area contributed by atoms with Gasteiger partial charge in [-0.25, -0.2) is 12.8 Å². The standard InChI is InChI=1S/C13H18ClFN2O2S/c1-8-3-9(2)17(7-8)20(18,19)12-5-11(14)4-10(6-16)13(12)15/h4-5,8-9H,3,6-7,16H2,1-2H3. The van der Waals surface area contributed by atoms with Crippen molar-refractivity contribution in [3.63, 3.8) is 0 Å². The number of sulfonamides is 1. The van der Waals surface area contributed by atoms with E-state index in [1.807, 2.05) is 13.8 Å². The molecule has 112 valence electrons. The predicted octanol–water partition coefficient (Wildman–Crippen LogP) is 2.36. The molecule has 1 aromatic carbocycles. The van der Waals surface area contributed by atoms with Gasteiger partial charge in [-0.05, 0) is 31.4 Å². The van der Waals surface area contributed by atoms with E-state index in [1.165, 1.54) is 10.4 Å². The van der Waals surface area contributed by atoms with Gasteiger partial charge < -0.3 is 5.73 Å². The highest BCUT2D eigenvalue weighted by atomic mass is 35.5. The Balaban J connectivity index is 2.52. The largest absolute Gasteiger partial charge is 0.326 e. The maximum absolute atomic E-state index is 14.3. The van der Waals surface area contributed by atoms with E-state index in [4.69, 9.17) is 17.3 Å². The van der Waals surface area contributed by atoms with Gasteiger partial charge in [-0.15, -0.1) is 0 Å². The zero-order valence-electron chi connectivity index (χ0n) is 11.4. The van der Waals surface area contributed by atoms with Crippen LogP contribution in [0.1, 0.15) is 25.8 Å². The lowest BCUT2D eigenvalue weighted by Gasteiger charge is -2.22. The van der Waals surface area contributed by atoms with Crippen LogP contribution in [0.25, 0.3) is 0 Å². The second kappa shape index (κ2) is 5.60. The van der Waals surface area contributed by atoms with Crippen LogP contribution in [0.15, 0.2) is 17.0 Å². The Bertz CT molecular complexity index is 621. The second-order valence-electron chi connectivity index (χ2n) is 5.35. The maximum atomic E-state index is 14.3. The Morgan fingerprint density at radius 3 is 2.60 bits per heavy atom. The normalized spacial score (nSPS) is 24.2. The molecule has 7 heteroatoms. The van der Waals surface area contributed by atoms with Crippen molar-refractivity contribution in [3.05, 3.63) is 28.5 Å². The summed E-state index contributed by atoms with van der Waals surface area (Å²) in [5.41, 5.74) is 5.53. The first-order chi connectivity index (χ1) is 9.27. The van der Waals surface area contributed by atoms with Crippen molar-refractivity contribution < 1.29 is 12.8 Å². The summed E-state index contributed by atoms with van der Waals surface area (Å²) in [5, 5.41) is 0.172. The fraction of sp³-hybridized carbons (Fsp3) is 0.538. The third-order valence-corrected chi connectivity index (χ3v) is 5.81. The van der Waals surface area contributed by atoms with Crippen LogP contribution in [-0.4, -0.2) is 25.3 Å². The molecule has 1 fully saturated rings. The van der Waals surface area contributed by atoms with Gasteiger partial charge in [-0.2, -0.15) is 4.31 Å². The maximum Gasteiger partial charge on any atom is 0.246 e. The SMILES string of the molecule is CC1CC(C)N(S(=O)(=O)c2cc(Cl)cc(CN)c2F)C1. The second-order valence-corrected chi connectivity index (χ2v) is 7.64. The zero-order chi connectivity index (χ0) is 15.1. The third-order valence-electron chi connectivity index (χ3n) is 3.61. The average molecular weight is 321 g/mol. The predicted molar refractivity (Wildman–Crippen MR) is 76.4 cm³/mol. The number of rotatable bonds is 3. The number of nitrogens with two attached hydrogens (primary N) is 1. The molecule has 0 bridgehead atoms. The number of hydrogen-bond acceptors (Lipinski definition) is 3. The smallest absolute Gasteiger partial charge is 0.246 e. The number of halogens is 2. The van der Waals surface area contributed by atoms with Crippen molar-refractivity contribution in [2.75, 3.05) is 6.54 Å². The Kier molecular flexibility index (Phi) is 4.39. The van der Waals surface area contributed by atoms with Gasteiger partial charge in [0.1, 0.15) is 10.7 Å². The average Bonchev–Trinajstić information content (AvgIpc) is 2.71. The first kappa shape index (κ1) is 15.7. The molecule has 1 heterocycles. The van der Waals surface area contributed by atoms with E-state index >= 15 is 0 Å². The van der Waals surface area contributed by atoms with E-state index in [9.17, 15) is 12.8 Å². The monoisotopic (exact) mass is 320 g/mol. The van der Waals surface area contributed by atoms with Gasteiger partial charge in [-0.1, -0.05) is 18.5 Å². The highest BCUT2D eigenvalue weighted by Crippen LogP contribution is 2.32. The topological polar surface area (TPSA) is 63.4 Å². The highest BCUT2D eigenvalue weighted by Gasteiger charge is 2.37. The van der Waals surface area contributed by atoms with Crippen LogP contribution >= 0.6 is 11.6 Å². The fourth-order valence-corrected chi connectivity index (χ4v) is 4.88. The van der Waals surface area contributed by atoms with E-state index in [0.29, 0.717) is 6.54 Å². The van der Waals surface area contributed by atoms with Crippen molar-refractivity contribution in [3.8, 4) is 0 Å². The van der Waals surface area contributed by atoms with E-state index < -0.39 is 15.8 Å². The molecule has 0 spiro atoms. The zero-order valence-corrected chi connectivity index (χ0v) is 13.0. The van der Waals surface area contributed by atoms with Gasteiger partial charge in [0.25, 0.3) is 0 Å². The molecule has 20 heavy (non-hydrogen) atoms. The van der Waals surface area contributed by atoms with Crippen molar-refractivity contribution >= 4 is 21.6 Å². The van der Waals surface area contributed by atoms with Crippen molar-refractivity contribution in [2.45, 2.75) is 37.8 Å². The number of hydrogen-bond donors (Lipinski definition) is 1. The van der Waals surface area contributed by atoms with Crippen LogP contribution in [0.4, 0.5) is 4.39 Å². The molecule has 1 saturated heterocycles. The Labute approximate surface area is 123 Å². The van der Waals surface area contributed by atoms with Gasteiger partial charge in [0.05, 0.1) is 0 Å². The molecule has 2 N–H and O–H groups in total. The summed E-state index contributed by atoms with van der Waals surface area (Å²) in [5.74, 6) is -0.542. The molecule has 1 aliphatic heterocycles. The molecule has 2 unspecified atom stereocenters. The van der Waals surface area contributed by atoms with Crippen LogP contribution < -0.4 is 5.73 Å². The molecule has 0 aliphatic carbocycles. The third kappa shape index (κ3) is 2.70. The fourth-order valence-electron chi connectivity index (χ4n) is 2.68. The summed E-state index contributed by atoms with van der Waals surface area (Å²) in [6.45, 7) is 4.10. The molecular weight excluding hydrogens is 303 g/mol. The van der Waals surface area contributed by atoms with Gasteiger partial charge >= 0.3 is 0 Å². The van der Waals surface area contributed by atoms with Crippen molar-refractivity contribution in [2.24, 2.45) is 11.7 Å². The van der Waals surface area contributed by atoms with E-state index in [2.05, 4.69) is 0 Å².